The Hall–Kier alpha value is -0.100. The van der Waals surface area contributed by atoms with Crippen molar-refractivity contribution in [2.24, 2.45) is 0 Å². The topological polar surface area (TPSA) is 272 Å². The molecule has 0 aliphatic carbocycles. The lowest BCUT2D eigenvalue weighted by molar-refractivity contribution is -0.372. The number of aliphatic hydroxyl groups excluding tert-OH is 3. The standard InChI is InChI=1S/C23H49O5P.C10H23O5P.C10H22O2.2C2H7NO/c1-3-5-7-9-11-12-13-14-15-17-19-21-27-29(24,25)28-23-22-26-20-18-16-10-8-6-4-2;1-2-3-4-5-6-7-8-14-9-10-15-16(11,12)13;1-2-3-4-5-6-7-9-12-10-8-11;2*3-1-2-4/h3-23H2,1-2H3,(H,24,25);2-10H2,1H3,(H2,11,12,13);11H,2-10H2,1H3;2*4H,1-3H2. The monoisotopic (exact) mass is 987 g/mol. The molecule has 0 amide bonds. The first-order chi connectivity index (χ1) is 31.4. The summed E-state index contributed by atoms with van der Waals surface area (Å²) < 4.78 is 51.4. The van der Waals surface area contributed by atoms with Crippen molar-refractivity contribution in [1.82, 2.24) is 0 Å². The molecule has 0 aliphatic rings. The lowest BCUT2D eigenvalue weighted by Crippen LogP contribution is -2.51. The van der Waals surface area contributed by atoms with Crippen molar-refractivity contribution < 1.29 is 78.4 Å². The van der Waals surface area contributed by atoms with Crippen molar-refractivity contribution in [3.8, 4) is 0 Å². The minimum atomic E-state index is -4.57. The number of phosphoric acid groups is 2. The van der Waals surface area contributed by atoms with Crippen LogP contribution in [-0.4, -0.2) is 113 Å². The Labute approximate surface area is 399 Å². The zero-order valence-electron chi connectivity index (χ0n) is 42.6. The highest BCUT2D eigenvalue weighted by molar-refractivity contribution is 7.45. The van der Waals surface area contributed by atoms with Crippen LogP contribution in [0.15, 0.2) is 0 Å². The van der Waals surface area contributed by atoms with E-state index in [4.69, 9.17) is 43.5 Å². The molecule has 0 aliphatic heterocycles. The van der Waals surface area contributed by atoms with Crippen molar-refractivity contribution in [2.75, 3.05) is 92.4 Å². The second-order valence-corrected chi connectivity index (χ2v) is 18.6. The molecule has 0 saturated heterocycles. The van der Waals surface area contributed by atoms with Crippen LogP contribution in [-0.2, 0) is 36.9 Å². The Morgan fingerprint density at radius 1 is 0.354 bits per heavy atom. The van der Waals surface area contributed by atoms with Crippen molar-refractivity contribution >= 4 is 15.6 Å². The maximum atomic E-state index is 11.7. The number of rotatable bonds is 46. The fourth-order valence-corrected chi connectivity index (χ4v) is 6.75. The SMILES string of the molecule is CCCCCCCCCCCCCOP(=O)([O-])OCCOCCCCCCCC.CCCCCCCCOCCO.CCCCCCCCOCCOP(=O)([O-])O.[NH3+]CCO.[NH3+]CCO. The van der Waals surface area contributed by atoms with Crippen molar-refractivity contribution in [3.63, 3.8) is 0 Å². The minimum absolute atomic E-state index is 0.0366. The Morgan fingerprint density at radius 3 is 0.877 bits per heavy atom. The van der Waals surface area contributed by atoms with Crippen molar-refractivity contribution in [2.45, 2.75) is 214 Å². The van der Waals surface area contributed by atoms with Gasteiger partial charge in [-0.25, -0.2) is 0 Å². The van der Waals surface area contributed by atoms with E-state index in [2.05, 4.69) is 43.7 Å². The highest BCUT2D eigenvalue weighted by Crippen LogP contribution is 2.38. The number of hydrogen-bond acceptors (Lipinski definition) is 13. The molecule has 0 aromatic carbocycles. The normalized spacial score (nSPS) is 12.6. The average molecular weight is 987 g/mol. The van der Waals surface area contributed by atoms with E-state index < -0.39 is 15.6 Å². The maximum Gasteiger partial charge on any atom is 0.267 e. The number of quaternary nitrogens is 2. The smallest absolute Gasteiger partial charge is 0.267 e. The second kappa shape index (κ2) is 68.2. The van der Waals surface area contributed by atoms with Gasteiger partial charge in [0.1, 0.15) is 0 Å². The summed E-state index contributed by atoms with van der Waals surface area (Å²) in [7, 11) is -8.75. The van der Waals surface area contributed by atoms with Crippen molar-refractivity contribution in [1.29, 1.82) is 0 Å². The summed E-state index contributed by atoms with van der Waals surface area (Å²) in [5, 5.41) is 24.0. The first-order valence-electron chi connectivity index (χ1n) is 25.9. The predicted molar refractivity (Wildman–Crippen MR) is 261 cm³/mol. The van der Waals surface area contributed by atoms with E-state index in [0.29, 0.717) is 39.5 Å². The third-order valence-electron chi connectivity index (χ3n) is 9.44. The van der Waals surface area contributed by atoms with Crippen LogP contribution >= 0.6 is 15.6 Å². The molecule has 0 bridgehead atoms. The van der Waals surface area contributed by atoms with Gasteiger partial charge in [-0.1, -0.05) is 188 Å². The van der Waals surface area contributed by atoms with E-state index in [1.54, 1.807) is 0 Å². The number of aliphatic hydroxyl groups is 3. The summed E-state index contributed by atoms with van der Waals surface area (Å²) in [4.78, 5) is 30.1. The van der Waals surface area contributed by atoms with E-state index in [9.17, 15) is 18.9 Å². The molecule has 400 valence electrons. The molecule has 0 fully saturated rings. The van der Waals surface area contributed by atoms with Crippen LogP contribution in [0.5, 0.6) is 0 Å². The Kier molecular flexibility index (Phi) is 77.5. The molecule has 65 heavy (non-hydrogen) atoms. The van der Waals surface area contributed by atoms with E-state index in [-0.39, 0.29) is 46.2 Å². The van der Waals surface area contributed by atoms with Gasteiger partial charge >= 0.3 is 0 Å². The van der Waals surface area contributed by atoms with Gasteiger partial charge in [0.2, 0.25) is 0 Å². The zero-order valence-corrected chi connectivity index (χ0v) is 44.4. The molecule has 10 N–H and O–H groups in total. The fraction of sp³-hybridized carbons (Fsp3) is 1.00. The van der Waals surface area contributed by atoms with Crippen molar-refractivity contribution in [3.05, 3.63) is 0 Å². The summed E-state index contributed by atoms with van der Waals surface area (Å²) in [5.41, 5.74) is 6.71. The maximum absolute atomic E-state index is 11.7. The van der Waals surface area contributed by atoms with Crippen LogP contribution in [0, 0.1) is 0 Å². The Bertz CT molecular complexity index is 880. The van der Waals surface area contributed by atoms with Gasteiger partial charge in [-0.05, 0) is 25.7 Å². The molecule has 2 unspecified atom stereocenters. The number of phosphoric ester groups is 2. The summed E-state index contributed by atoms with van der Waals surface area (Å²) in [6.45, 7) is 13.9. The summed E-state index contributed by atoms with van der Waals surface area (Å²) in [6.07, 6.45) is 35.7. The summed E-state index contributed by atoms with van der Waals surface area (Å²) in [6, 6.07) is 0. The van der Waals surface area contributed by atoms with Crippen LogP contribution in [0.1, 0.15) is 214 Å². The number of unbranched alkanes of at least 4 members (excludes halogenated alkanes) is 25. The minimum Gasteiger partial charge on any atom is -0.756 e. The first-order valence-corrected chi connectivity index (χ1v) is 28.8. The molecule has 2 atom stereocenters. The largest absolute Gasteiger partial charge is 0.756 e. The molecule has 0 saturated carbocycles. The molecular weight excluding hydrogens is 878 g/mol. The van der Waals surface area contributed by atoms with Gasteiger partial charge < -0.3 is 69.2 Å². The Balaban J connectivity index is -0.000000278. The zero-order chi connectivity index (χ0) is 49.6. The number of ether oxygens (including phenoxy) is 3. The van der Waals surface area contributed by atoms with E-state index in [1.807, 2.05) is 0 Å². The lowest BCUT2D eigenvalue weighted by atomic mass is 10.1. The van der Waals surface area contributed by atoms with E-state index in [1.165, 1.54) is 141 Å². The predicted octanol–water partition coefficient (Wildman–Crippen LogP) is 7.81. The summed E-state index contributed by atoms with van der Waals surface area (Å²) in [5.74, 6) is 0. The van der Waals surface area contributed by atoms with Gasteiger partial charge in [-0.15, -0.1) is 0 Å². The molecule has 16 nitrogen and oxygen atoms in total. The van der Waals surface area contributed by atoms with Gasteiger partial charge in [0.25, 0.3) is 15.6 Å². The molecule has 0 spiro atoms. The molecule has 0 aromatic heterocycles. The molecule has 0 rings (SSSR count). The third-order valence-corrected chi connectivity index (χ3v) is 10.9. The quantitative estimate of drug-likeness (QED) is 0.0251. The molecule has 18 heteroatoms. The average Bonchev–Trinajstić information content (AvgIpc) is 3.29. The third kappa shape index (κ3) is 90.9. The van der Waals surface area contributed by atoms with Crippen LogP contribution in [0.25, 0.3) is 0 Å². The molecule has 0 radical (unpaired) electrons. The van der Waals surface area contributed by atoms with Crippen LogP contribution < -0.4 is 21.3 Å². The molecule has 0 heterocycles. The van der Waals surface area contributed by atoms with Crippen LogP contribution in [0.2, 0.25) is 0 Å². The van der Waals surface area contributed by atoms with Gasteiger partial charge in [0, 0.05) is 19.8 Å². The van der Waals surface area contributed by atoms with E-state index in [0.717, 1.165) is 51.6 Å². The van der Waals surface area contributed by atoms with Crippen LogP contribution in [0.3, 0.4) is 0 Å². The summed E-state index contributed by atoms with van der Waals surface area (Å²) >= 11 is 0. The molecule has 0 aromatic rings. The van der Waals surface area contributed by atoms with Gasteiger partial charge in [-0.3, -0.25) is 9.13 Å². The van der Waals surface area contributed by atoms with Gasteiger partial charge in [0.05, 0.1) is 72.6 Å². The van der Waals surface area contributed by atoms with Crippen LogP contribution in [0.4, 0.5) is 0 Å². The lowest BCUT2D eigenvalue weighted by Gasteiger charge is -2.22. The van der Waals surface area contributed by atoms with Gasteiger partial charge in [0.15, 0.2) is 0 Å². The van der Waals surface area contributed by atoms with Gasteiger partial charge in [-0.2, -0.15) is 0 Å². The van der Waals surface area contributed by atoms with E-state index >= 15 is 0 Å². The second-order valence-electron chi connectivity index (χ2n) is 16.0. The first kappa shape index (κ1) is 73.9. The highest BCUT2D eigenvalue weighted by atomic mass is 31.2. The fourth-order valence-electron chi connectivity index (χ4n) is 5.72. The molecular formula is C47H108N2O14P2. The number of hydrogen-bond donors (Lipinski definition) is 6. The Morgan fingerprint density at radius 2 is 0.600 bits per heavy atom. The highest BCUT2D eigenvalue weighted by Gasteiger charge is 2.09.